The molecule has 0 aliphatic carbocycles. The van der Waals surface area contributed by atoms with Gasteiger partial charge in [-0.3, -0.25) is 4.79 Å². The van der Waals surface area contributed by atoms with Crippen molar-refractivity contribution in [3.8, 4) is 0 Å². The molecule has 12 heavy (non-hydrogen) atoms. The highest BCUT2D eigenvalue weighted by Crippen LogP contribution is 2.17. The fourth-order valence-electron chi connectivity index (χ4n) is 1.39. The van der Waals surface area contributed by atoms with Crippen LogP contribution in [0.1, 0.15) is 20.3 Å². The molecule has 0 saturated carbocycles. The SMILES string of the molecule is CNN1CCC(=O)C=C1C(C)C. The summed E-state index contributed by atoms with van der Waals surface area (Å²) in [5, 5.41) is 2.03. The molecule has 1 N–H and O–H groups in total. The van der Waals surface area contributed by atoms with E-state index in [2.05, 4.69) is 19.3 Å². The summed E-state index contributed by atoms with van der Waals surface area (Å²) in [5.74, 6) is 0.645. The second kappa shape index (κ2) is 3.72. The van der Waals surface area contributed by atoms with Gasteiger partial charge in [0.05, 0.1) is 0 Å². The Morgan fingerprint density at radius 1 is 1.58 bits per heavy atom. The Balaban J connectivity index is 2.80. The van der Waals surface area contributed by atoms with Gasteiger partial charge in [0, 0.05) is 31.8 Å². The maximum Gasteiger partial charge on any atom is 0.159 e. The van der Waals surface area contributed by atoms with E-state index in [1.807, 2.05) is 12.1 Å². The van der Waals surface area contributed by atoms with Crippen LogP contribution >= 0.6 is 0 Å². The van der Waals surface area contributed by atoms with Crippen LogP contribution in [0.4, 0.5) is 0 Å². The highest BCUT2D eigenvalue weighted by molar-refractivity contribution is 5.91. The van der Waals surface area contributed by atoms with Crippen molar-refractivity contribution in [3.05, 3.63) is 11.8 Å². The van der Waals surface area contributed by atoms with Crippen LogP contribution in [0.2, 0.25) is 0 Å². The number of rotatable bonds is 2. The maximum atomic E-state index is 11.1. The number of carbonyl (C=O) groups is 1. The quantitative estimate of drug-likeness (QED) is 0.666. The summed E-state index contributed by atoms with van der Waals surface area (Å²) < 4.78 is 0. The summed E-state index contributed by atoms with van der Waals surface area (Å²) in [4.78, 5) is 11.1. The highest BCUT2D eigenvalue weighted by atomic mass is 16.1. The van der Waals surface area contributed by atoms with Crippen molar-refractivity contribution in [2.45, 2.75) is 20.3 Å². The molecule has 0 amide bonds. The van der Waals surface area contributed by atoms with E-state index in [0.29, 0.717) is 12.3 Å². The lowest BCUT2D eigenvalue weighted by Crippen LogP contribution is -2.40. The van der Waals surface area contributed by atoms with Gasteiger partial charge in [-0.15, -0.1) is 0 Å². The zero-order chi connectivity index (χ0) is 9.14. The Bertz CT molecular complexity index is 209. The molecular formula is C9H16N2O. The van der Waals surface area contributed by atoms with Gasteiger partial charge in [0.25, 0.3) is 0 Å². The molecule has 1 aliphatic rings. The summed E-state index contributed by atoms with van der Waals surface area (Å²) in [6.07, 6.45) is 2.36. The molecule has 1 rings (SSSR count). The van der Waals surface area contributed by atoms with E-state index < -0.39 is 0 Å². The van der Waals surface area contributed by atoms with Gasteiger partial charge in [-0.2, -0.15) is 0 Å². The van der Waals surface area contributed by atoms with Crippen molar-refractivity contribution in [1.29, 1.82) is 0 Å². The van der Waals surface area contributed by atoms with Gasteiger partial charge in [-0.1, -0.05) is 13.8 Å². The van der Waals surface area contributed by atoms with E-state index in [0.717, 1.165) is 12.2 Å². The van der Waals surface area contributed by atoms with E-state index in [4.69, 9.17) is 0 Å². The van der Waals surface area contributed by atoms with Crippen LogP contribution in [0.25, 0.3) is 0 Å². The first kappa shape index (κ1) is 9.26. The van der Waals surface area contributed by atoms with E-state index in [1.54, 1.807) is 6.08 Å². The molecule has 0 spiro atoms. The molecule has 0 atom stereocenters. The van der Waals surface area contributed by atoms with Gasteiger partial charge in [-0.05, 0) is 5.92 Å². The molecule has 0 bridgehead atoms. The number of nitrogens with one attached hydrogen (secondary N) is 1. The number of nitrogens with zero attached hydrogens (tertiary/aromatic N) is 1. The second-order valence-electron chi connectivity index (χ2n) is 3.32. The smallest absolute Gasteiger partial charge is 0.159 e. The van der Waals surface area contributed by atoms with Crippen LogP contribution in [0.3, 0.4) is 0 Å². The van der Waals surface area contributed by atoms with E-state index in [1.165, 1.54) is 0 Å². The van der Waals surface area contributed by atoms with Crippen LogP contribution in [0.15, 0.2) is 11.8 Å². The van der Waals surface area contributed by atoms with Crippen molar-refractivity contribution in [1.82, 2.24) is 10.4 Å². The minimum absolute atomic E-state index is 0.241. The van der Waals surface area contributed by atoms with Gasteiger partial charge in [-0.25, -0.2) is 5.43 Å². The summed E-state index contributed by atoms with van der Waals surface area (Å²) in [6, 6.07) is 0. The Hall–Kier alpha value is -0.830. The topological polar surface area (TPSA) is 32.3 Å². The van der Waals surface area contributed by atoms with E-state index in [9.17, 15) is 4.79 Å². The average molecular weight is 168 g/mol. The standard InChI is InChI=1S/C9H16N2O/c1-7(2)9-6-8(12)4-5-11(9)10-3/h6-7,10H,4-5H2,1-3H3. The molecule has 68 valence electrons. The molecule has 0 aromatic heterocycles. The average Bonchev–Trinajstić information content (AvgIpc) is 2.04. The number of ketones is 1. The molecule has 1 aliphatic heterocycles. The normalized spacial score (nSPS) is 18.5. The number of hydrogen-bond donors (Lipinski definition) is 1. The van der Waals surface area contributed by atoms with Crippen molar-refractivity contribution in [2.75, 3.05) is 13.6 Å². The summed E-state index contributed by atoms with van der Waals surface area (Å²) >= 11 is 0. The third-order valence-corrected chi connectivity index (χ3v) is 2.06. The minimum atomic E-state index is 0.241. The van der Waals surface area contributed by atoms with Crippen molar-refractivity contribution in [2.24, 2.45) is 5.92 Å². The van der Waals surface area contributed by atoms with Crippen molar-refractivity contribution >= 4 is 5.78 Å². The number of allylic oxidation sites excluding steroid dienone is 2. The Kier molecular flexibility index (Phi) is 2.87. The molecule has 0 aromatic carbocycles. The Morgan fingerprint density at radius 2 is 2.25 bits per heavy atom. The molecular weight excluding hydrogens is 152 g/mol. The van der Waals surface area contributed by atoms with Gasteiger partial charge in [0.2, 0.25) is 0 Å². The van der Waals surface area contributed by atoms with Gasteiger partial charge >= 0.3 is 0 Å². The zero-order valence-corrected chi connectivity index (χ0v) is 7.92. The highest BCUT2D eigenvalue weighted by Gasteiger charge is 2.18. The maximum absolute atomic E-state index is 11.1. The lowest BCUT2D eigenvalue weighted by molar-refractivity contribution is -0.115. The van der Waals surface area contributed by atoms with Crippen LogP contribution in [0, 0.1) is 5.92 Å². The molecule has 3 heteroatoms. The van der Waals surface area contributed by atoms with Crippen molar-refractivity contribution < 1.29 is 4.79 Å². The Labute approximate surface area is 73.4 Å². The fraction of sp³-hybridized carbons (Fsp3) is 0.667. The largest absolute Gasteiger partial charge is 0.312 e. The molecule has 3 nitrogen and oxygen atoms in total. The minimum Gasteiger partial charge on any atom is -0.312 e. The fourth-order valence-corrected chi connectivity index (χ4v) is 1.39. The molecule has 0 radical (unpaired) electrons. The van der Waals surface area contributed by atoms with Crippen molar-refractivity contribution in [3.63, 3.8) is 0 Å². The first-order valence-corrected chi connectivity index (χ1v) is 4.34. The van der Waals surface area contributed by atoms with E-state index >= 15 is 0 Å². The van der Waals surface area contributed by atoms with Gasteiger partial charge in [0.15, 0.2) is 5.78 Å². The first-order chi connectivity index (χ1) is 5.65. The van der Waals surface area contributed by atoms with Gasteiger partial charge in [0.1, 0.15) is 0 Å². The first-order valence-electron chi connectivity index (χ1n) is 4.34. The van der Waals surface area contributed by atoms with Crippen LogP contribution < -0.4 is 5.43 Å². The molecule has 0 fully saturated rings. The second-order valence-corrected chi connectivity index (χ2v) is 3.32. The predicted molar refractivity (Wildman–Crippen MR) is 48.3 cm³/mol. The number of hydrogen-bond acceptors (Lipinski definition) is 3. The number of carbonyl (C=O) groups excluding carboxylic acids is 1. The molecule has 0 saturated heterocycles. The summed E-state index contributed by atoms with van der Waals surface area (Å²) in [6.45, 7) is 4.98. The third-order valence-electron chi connectivity index (χ3n) is 2.06. The summed E-state index contributed by atoms with van der Waals surface area (Å²) in [5.41, 5.74) is 4.16. The zero-order valence-electron chi connectivity index (χ0n) is 7.92. The van der Waals surface area contributed by atoms with Crippen LogP contribution in [0.5, 0.6) is 0 Å². The molecule has 1 heterocycles. The number of hydrazine groups is 1. The predicted octanol–water partition coefficient (Wildman–Crippen LogP) is 0.935. The van der Waals surface area contributed by atoms with Crippen LogP contribution in [-0.4, -0.2) is 24.4 Å². The van der Waals surface area contributed by atoms with Gasteiger partial charge < -0.3 is 5.01 Å². The third kappa shape index (κ3) is 1.85. The van der Waals surface area contributed by atoms with Crippen LogP contribution in [-0.2, 0) is 4.79 Å². The Morgan fingerprint density at radius 3 is 2.75 bits per heavy atom. The van der Waals surface area contributed by atoms with E-state index in [-0.39, 0.29) is 5.78 Å². The lowest BCUT2D eigenvalue weighted by Gasteiger charge is -2.31. The summed E-state index contributed by atoms with van der Waals surface area (Å²) in [7, 11) is 1.88. The molecule has 0 aromatic rings. The lowest BCUT2D eigenvalue weighted by atomic mass is 10.0. The molecule has 0 unspecified atom stereocenters. The monoisotopic (exact) mass is 168 g/mol.